The lowest BCUT2D eigenvalue weighted by molar-refractivity contribution is -0.121. The van der Waals surface area contributed by atoms with E-state index < -0.39 is 0 Å². The molecule has 1 aliphatic rings. The maximum Gasteiger partial charge on any atom is 0.238 e. The van der Waals surface area contributed by atoms with Crippen LogP contribution in [0.1, 0.15) is 45.4 Å². The van der Waals surface area contributed by atoms with E-state index in [4.69, 9.17) is 16.6 Å². The van der Waals surface area contributed by atoms with E-state index in [1.54, 1.807) is 0 Å². The van der Waals surface area contributed by atoms with Crippen molar-refractivity contribution in [3.8, 4) is 0 Å². The van der Waals surface area contributed by atoms with Gasteiger partial charge in [0.05, 0.1) is 0 Å². The molecule has 1 aromatic carbocycles. The van der Waals surface area contributed by atoms with Gasteiger partial charge in [-0.15, -0.1) is 0 Å². The van der Waals surface area contributed by atoms with Crippen LogP contribution in [0, 0.1) is 11.8 Å². The average molecular weight is 375 g/mol. The Bertz CT molecular complexity index is 743. The van der Waals surface area contributed by atoms with Gasteiger partial charge in [-0.3, -0.25) is 15.6 Å². The van der Waals surface area contributed by atoms with Crippen molar-refractivity contribution in [2.45, 2.75) is 52.0 Å². The number of nitrogens with zero attached hydrogens (tertiary/aromatic N) is 1. The Morgan fingerprint density at radius 1 is 1.27 bits per heavy atom. The molecular weight excluding hydrogens is 348 g/mol. The highest BCUT2D eigenvalue weighted by Crippen LogP contribution is 2.29. The molecule has 1 aromatic heterocycles. The van der Waals surface area contributed by atoms with Gasteiger partial charge in [0.2, 0.25) is 5.91 Å². The summed E-state index contributed by atoms with van der Waals surface area (Å²) in [5.41, 5.74) is 6.98. The number of rotatable bonds is 4. The van der Waals surface area contributed by atoms with Gasteiger partial charge in [0, 0.05) is 18.9 Å². The van der Waals surface area contributed by atoms with Crippen molar-refractivity contribution >= 4 is 34.3 Å². The van der Waals surface area contributed by atoms with Crippen molar-refractivity contribution < 1.29 is 9.21 Å². The van der Waals surface area contributed by atoms with Crippen molar-refractivity contribution in [3.05, 3.63) is 30.2 Å². The van der Waals surface area contributed by atoms with Gasteiger partial charge in [-0.25, -0.2) is 4.98 Å². The molecule has 1 aliphatic carbocycles. The molecule has 1 heterocycles. The zero-order valence-corrected chi connectivity index (χ0v) is 16.1. The van der Waals surface area contributed by atoms with E-state index in [0.29, 0.717) is 35.3 Å². The molecule has 0 aliphatic heterocycles. The summed E-state index contributed by atoms with van der Waals surface area (Å²) in [7, 11) is 0. The van der Waals surface area contributed by atoms with E-state index >= 15 is 0 Å². The van der Waals surface area contributed by atoms with Crippen LogP contribution in [0.2, 0.25) is 0 Å². The first-order chi connectivity index (χ1) is 12.5. The monoisotopic (exact) mass is 374 g/mol. The Morgan fingerprint density at radius 2 is 2.08 bits per heavy atom. The standard InChI is InChI=1S/C19H26N4O2S/c1-12-6-5-8-14(13(12)2)21-19(26)23-22-17(24)10-11-18-20-15-7-3-4-9-16(15)25-18/h3-4,7,9,12-14H,5-6,8,10-11H2,1-2H3,(H,22,24)(H2,21,23,26)/t12-,13-,14-/m1/s1. The smallest absolute Gasteiger partial charge is 0.238 e. The summed E-state index contributed by atoms with van der Waals surface area (Å²) in [5, 5.41) is 3.78. The van der Waals surface area contributed by atoms with Crippen LogP contribution in [0.15, 0.2) is 28.7 Å². The largest absolute Gasteiger partial charge is 0.441 e. The van der Waals surface area contributed by atoms with Gasteiger partial charge in [-0.1, -0.05) is 38.8 Å². The second-order valence-electron chi connectivity index (χ2n) is 7.10. The van der Waals surface area contributed by atoms with Crippen molar-refractivity contribution in [2.24, 2.45) is 11.8 Å². The number of carbonyl (C=O) groups excluding carboxylic acids is 1. The van der Waals surface area contributed by atoms with Crippen LogP contribution in [-0.4, -0.2) is 22.0 Å². The molecular formula is C19H26N4O2S. The van der Waals surface area contributed by atoms with E-state index in [-0.39, 0.29) is 12.3 Å². The lowest BCUT2D eigenvalue weighted by Crippen LogP contribution is -2.52. The number of hydrogen-bond acceptors (Lipinski definition) is 4. The van der Waals surface area contributed by atoms with Crippen LogP contribution >= 0.6 is 12.2 Å². The molecule has 0 spiro atoms. The number of fused-ring (bicyclic) bond motifs is 1. The van der Waals surface area contributed by atoms with Crippen LogP contribution in [0.5, 0.6) is 0 Å². The second kappa shape index (κ2) is 8.49. The number of hydrogen-bond donors (Lipinski definition) is 3. The normalized spacial score (nSPS) is 22.8. The summed E-state index contributed by atoms with van der Waals surface area (Å²) in [6, 6.07) is 7.92. The van der Waals surface area contributed by atoms with Crippen LogP contribution in [0.25, 0.3) is 11.1 Å². The predicted octanol–water partition coefficient (Wildman–Crippen LogP) is 3.08. The van der Waals surface area contributed by atoms with Crippen LogP contribution in [-0.2, 0) is 11.2 Å². The van der Waals surface area contributed by atoms with E-state index in [2.05, 4.69) is 35.0 Å². The van der Waals surface area contributed by atoms with E-state index in [1.807, 2.05) is 24.3 Å². The molecule has 0 radical (unpaired) electrons. The summed E-state index contributed by atoms with van der Waals surface area (Å²) >= 11 is 5.30. The Hall–Kier alpha value is -2.15. The second-order valence-corrected chi connectivity index (χ2v) is 7.50. The van der Waals surface area contributed by atoms with Gasteiger partial charge >= 0.3 is 0 Å². The molecule has 0 saturated heterocycles. The zero-order chi connectivity index (χ0) is 18.5. The highest BCUT2D eigenvalue weighted by Gasteiger charge is 2.27. The number of nitrogens with one attached hydrogen (secondary N) is 3. The Kier molecular flexibility index (Phi) is 6.08. The molecule has 2 aromatic rings. The summed E-state index contributed by atoms with van der Waals surface area (Å²) in [4.78, 5) is 16.4. The average Bonchev–Trinajstić information content (AvgIpc) is 3.05. The lowest BCUT2D eigenvalue weighted by Gasteiger charge is -2.35. The summed E-state index contributed by atoms with van der Waals surface area (Å²) in [5.74, 6) is 1.67. The van der Waals surface area contributed by atoms with Crippen molar-refractivity contribution in [1.29, 1.82) is 0 Å². The molecule has 3 N–H and O–H groups in total. The van der Waals surface area contributed by atoms with Gasteiger partial charge in [0.25, 0.3) is 0 Å². The SMILES string of the molecule is C[C@@H]1[C@H](C)CCC[C@H]1NC(=S)NNC(=O)CCc1nc2ccccc2o1. The highest BCUT2D eigenvalue weighted by atomic mass is 32.1. The molecule has 0 bridgehead atoms. The molecule has 6 nitrogen and oxygen atoms in total. The third kappa shape index (κ3) is 4.72. The number of benzene rings is 1. The third-order valence-corrected chi connectivity index (χ3v) is 5.46. The first-order valence-corrected chi connectivity index (χ1v) is 9.63. The Balaban J connectivity index is 1.40. The number of thiocarbonyl (C=S) groups is 1. The van der Waals surface area contributed by atoms with Crippen molar-refractivity contribution in [3.63, 3.8) is 0 Å². The molecule has 0 unspecified atom stereocenters. The van der Waals surface area contributed by atoms with Crippen LogP contribution < -0.4 is 16.2 Å². The number of para-hydroxylation sites is 2. The van der Waals surface area contributed by atoms with Gasteiger partial charge in [-0.05, 0) is 42.6 Å². The third-order valence-electron chi connectivity index (χ3n) is 5.24. The topological polar surface area (TPSA) is 79.2 Å². The molecule has 3 atom stereocenters. The number of hydrazine groups is 1. The molecule has 3 rings (SSSR count). The minimum atomic E-state index is -0.151. The molecule has 7 heteroatoms. The van der Waals surface area contributed by atoms with E-state index in [9.17, 15) is 4.79 Å². The zero-order valence-electron chi connectivity index (χ0n) is 15.2. The van der Waals surface area contributed by atoms with Gasteiger partial charge in [0.15, 0.2) is 16.6 Å². The van der Waals surface area contributed by atoms with Crippen LogP contribution in [0.4, 0.5) is 0 Å². The van der Waals surface area contributed by atoms with E-state index in [1.165, 1.54) is 12.8 Å². The van der Waals surface area contributed by atoms with Crippen LogP contribution in [0.3, 0.4) is 0 Å². The van der Waals surface area contributed by atoms with E-state index in [0.717, 1.165) is 17.5 Å². The van der Waals surface area contributed by atoms with Gasteiger partial charge < -0.3 is 9.73 Å². The Labute approximate surface area is 159 Å². The fourth-order valence-corrected chi connectivity index (χ4v) is 3.63. The first-order valence-electron chi connectivity index (χ1n) is 9.22. The molecule has 140 valence electrons. The lowest BCUT2D eigenvalue weighted by atomic mass is 9.78. The minimum Gasteiger partial charge on any atom is -0.441 e. The maximum absolute atomic E-state index is 12.0. The molecule has 26 heavy (non-hydrogen) atoms. The van der Waals surface area contributed by atoms with Gasteiger partial charge in [0.1, 0.15) is 5.52 Å². The molecule has 1 amide bonds. The highest BCUT2D eigenvalue weighted by molar-refractivity contribution is 7.80. The number of carbonyl (C=O) groups is 1. The number of aromatic nitrogens is 1. The van der Waals surface area contributed by atoms with Crippen molar-refractivity contribution in [2.75, 3.05) is 0 Å². The number of amides is 1. The number of aryl methyl sites for hydroxylation is 1. The maximum atomic E-state index is 12.0. The number of oxazole rings is 1. The fourth-order valence-electron chi connectivity index (χ4n) is 3.43. The first kappa shape index (κ1) is 18.6. The molecule has 1 saturated carbocycles. The predicted molar refractivity (Wildman–Crippen MR) is 105 cm³/mol. The summed E-state index contributed by atoms with van der Waals surface area (Å²) < 4.78 is 5.62. The molecule has 1 fully saturated rings. The Morgan fingerprint density at radius 3 is 2.88 bits per heavy atom. The minimum absolute atomic E-state index is 0.151. The quantitative estimate of drug-likeness (QED) is 0.564. The van der Waals surface area contributed by atoms with Crippen molar-refractivity contribution in [1.82, 2.24) is 21.2 Å². The summed E-state index contributed by atoms with van der Waals surface area (Å²) in [6.07, 6.45) is 4.31. The van der Waals surface area contributed by atoms with Gasteiger partial charge in [-0.2, -0.15) is 0 Å². The summed E-state index contributed by atoms with van der Waals surface area (Å²) in [6.45, 7) is 4.53. The fraction of sp³-hybridized carbons (Fsp3) is 0.526.